The minimum absolute atomic E-state index is 0.0854. The number of esters is 2. The van der Waals surface area contributed by atoms with Crippen molar-refractivity contribution in [1.82, 2.24) is 5.32 Å². The highest BCUT2D eigenvalue weighted by Crippen LogP contribution is 2.32. The van der Waals surface area contributed by atoms with Crippen molar-refractivity contribution in [1.29, 1.82) is 0 Å². The lowest BCUT2D eigenvalue weighted by molar-refractivity contribution is -0.137. The summed E-state index contributed by atoms with van der Waals surface area (Å²) in [6, 6.07) is 11.6. The van der Waals surface area contributed by atoms with Crippen molar-refractivity contribution in [2.45, 2.75) is 26.9 Å². The number of likely N-dealkylation sites (N-methyl/N-ethyl adjacent to an activating group) is 1. The number of hydrogen-bond acceptors (Lipinski definition) is 6. The zero-order chi connectivity index (χ0) is 20.0. The highest BCUT2D eigenvalue weighted by molar-refractivity contribution is 5.91. The Hall–Kier alpha value is -2.70. The number of rotatable bonds is 7. The van der Waals surface area contributed by atoms with Crippen LogP contribution in [0.25, 0.3) is 0 Å². The number of carbonyl (C=O) groups is 2. The van der Waals surface area contributed by atoms with Gasteiger partial charge in [-0.3, -0.25) is 4.79 Å². The van der Waals surface area contributed by atoms with Crippen LogP contribution in [0.3, 0.4) is 0 Å². The van der Waals surface area contributed by atoms with Gasteiger partial charge < -0.3 is 19.9 Å². The molecule has 1 atom stereocenters. The van der Waals surface area contributed by atoms with Gasteiger partial charge in [0.25, 0.3) is 0 Å². The highest BCUT2D eigenvalue weighted by atomic mass is 16.6. The van der Waals surface area contributed by atoms with Crippen molar-refractivity contribution in [2.24, 2.45) is 5.92 Å². The Morgan fingerprint density at radius 3 is 2.30 bits per heavy atom. The second-order valence-corrected chi connectivity index (χ2v) is 6.61. The molecule has 2 rings (SSSR count). The molecule has 2 aromatic rings. The van der Waals surface area contributed by atoms with Gasteiger partial charge in [-0.25, -0.2) is 4.79 Å². The lowest BCUT2D eigenvalue weighted by Crippen LogP contribution is -2.18. The second kappa shape index (κ2) is 9.30. The van der Waals surface area contributed by atoms with E-state index in [1.807, 2.05) is 19.1 Å². The maximum atomic E-state index is 12.5. The maximum absolute atomic E-state index is 12.5. The molecule has 0 aliphatic heterocycles. The quantitative estimate of drug-likeness (QED) is 0.575. The molecule has 0 fully saturated rings. The van der Waals surface area contributed by atoms with Crippen molar-refractivity contribution >= 4 is 11.9 Å². The topological polar surface area (TPSA) is 84.9 Å². The summed E-state index contributed by atoms with van der Waals surface area (Å²) in [5, 5.41) is 13.1. The maximum Gasteiger partial charge on any atom is 0.343 e. The Morgan fingerprint density at radius 2 is 1.70 bits per heavy atom. The molecule has 0 aliphatic rings. The molecule has 0 spiro atoms. The van der Waals surface area contributed by atoms with E-state index in [0.29, 0.717) is 17.7 Å². The van der Waals surface area contributed by atoms with Gasteiger partial charge in [-0.1, -0.05) is 37.6 Å². The number of hydrogen-bond donors (Lipinski definition) is 2. The summed E-state index contributed by atoms with van der Waals surface area (Å²) in [5.41, 5.74) is 1.94. The van der Waals surface area contributed by atoms with Crippen LogP contribution in [0, 0.1) is 12.8 Å². The van der Waals surface area contributed by atoms with Crippen LogP contribution < -0.4 is 14.8 Å². The van der Waals surface area contributed by atoms with Gasteiger partial charge in [-0.05, 0) is 43.8 Å². The molecule has 0 aliphatic carbocycles. The second-order valence-electron chi connectivity index (χ2n) is 6.61. The van der Waals surface area contributed by atoms with Gasteiger partial charge in [-0.15, -0.1) is 0 Å². The molecule has 27 heavy (non-hydrogen) atoms. The lowest BCUT2D eigenvalue weighted by atomic mass is 10.1. The number of aliphatic hydroxyl groups is 1. The summed E-state index contributed by atoms with van der Waals surface area (Å²) in [7, 11) is 1.72. The van der Waals surface area contributed by atoms with Gasteiger partial charge in [0.2, 0.25) is 0 Å². The fraction of sp³-hybridized carbons (Fsp3) is 0.333. The first-order valence-electron chi connectivity index (χ1n) is 8.79. The van der Waals surface area contributed by atoms with Gasteiger partial charge in [0.1, 0.15) is 0 Å². The fourth-order valence-corrected chi connectivity index (χ4v) is 2.28. The number of benzene rings is 2. The first-order valence-corrected chi connectivity index (χ1v) is 8.79. The van der Waals surface area contributed by atoms with Gasteiger partial charge in [-0.2, -0.15) is 0 Å². The van der Waals surface area contributed by atoms with E-state index < -0.39 is 18.0 Å². The van der Waals surface area contributed by atoms with E-state index in [-0.39, 0.29) is 17.4 Å². The van der Waals surface area contributed by atoms with Crippen molar-refractivity contribution in [3.63, 3.8) is 0 Å². The van der Waals surface area contributed by atoms with Crippen LogP contribution in [0.15, 0.2) is 42.5 Å². The normalized spacial score (nSPS) is 11.9. The molecule has 0 aromatic heterocycles. The van der Waals surface area contributed by atoms with Crippen molar-refractivity contribution in [3.05, 3.63) is 59.2 Å². The molecule has 0 bridgehead atoms. The third-order valence-corrected chi connectivity index (χ3v) is 3.92. The minimum atomic E-state index is -0.790. The van der Waals surface area contributed by atoms with Crippen LogP contribution in [-0.4, -0.2) is 30.6 Å². The molecule has 1 unspecified atom stereocenters. The molecule has 0 radical (unpaired) electrons. The largest absolute Gasteiger partial charge is 0.422 e. The van der Waals surface area contributed by atoms with E-state index in [0.717, 1.165) is 5.56 Å². The Morgan fingerprint density at radius 1 is 1.04 bits per heavy atom. The number of ether oxygens (including phenoxy) is 2. The van der Waals surface area contributed by atoms with Crippen LogP contribution in [-0.2, 0) is 4.79 Å². The predicted molar refractivity (Wildman–Crippen MR) is 102 cm³/mol. The highest BCUT2D eigenvalue weighted by Gasteiger charge is 2.19. The predicted octanol–water partition coefficient (Wildman–Crippen LogP) is 3.03. The number of aliphatic hydroxyl groups excluding tert-OH is 1. The van der Waals surface area contributed by atoms with E-state index in [1.165, 1.54) is 12.1 Å². The fourth-order valence-electron chi connectivity index (χ4n) is 2.28. The Labute approximate surface area is 159 Å². The molecule has 0 saturated carbocycles. The Kier molecular flexibility index (Phi) is 7.10. The smallest absolute Gasteiger partial charge is 0.343 e. The van der Waals surface area contributed by atoms with Crippen LogP contribution in [0.5, 0.6) is 11.5 Å². The monoisotopic (exact) mass is 371 g/mol. The summed E-state index contributed by atoms with van der Waals surface area (Å²) in [5.74, 6) is -1.12. The molecule has 6 heteroatoms. The standard InChI is InChI=1S/C21H25NO5/c1-13(2)20(24)26-18-10-9-16(17(23)12-22-4)11-19(18)27-21(25)15-7-5-14(3)6-8-15/h5-11,13,17,22-23H,12H2,1-4H3. The van der Waals surface area contributed by atoms with Crippen LogP contribution in [0.2, 0.25) is 0 Å². The molecule has 0 amide bonds. The number of nitrogens with one attached hydrogen (secondary N) is 1. The molecule has 0 heterocycles. The Bertz CT molecular complexity index is 799. The zero-order valence-electron chi connectivity index (χ0n) is 16.0. The van der Waals surface area contributed by atoms with E-state index in [1.54, 1.807) is 39.1 Å². The minimum Gasteiger partial charge on any atom is -0.422 e. The lowest BCUT2D eigenvalue weighted by Gasteiger charge is -2.16. The molecular weight excluding hydrogens is 346 g/mol. The summed E-state index contributed by atoms with van der Waals surface area (Å²) in [4.78, 5) is 24.4. The first kappa shape index (κ1) is 20.6. The van der Waals surface area contributed by atoms with Crippen molar-refractivity contribution < 1.29 is 24.2 Å². The Balaban J connectivity index is 2.33. The summed E-state index contributed by atoms with van der Waals surface area (Å²) in [6.07, 6.45) is -0.790. The summed E-state index contributed by atoms with van der Waals surface area (Å²) in [6.45, 7) is 5.68. The summed E-state index contributed by atoms with van der Waals surface area (Å²) < 4.78 is 10.8. The van der Waals surface area contributed by atoms with E-state index in [4.69, 9.17) is 9.47 Å². The van der Waals surface area contributed by atoms with Gasteiger partial charge in [0.05, 0.1) is 17.6 Å². The summed E-state index contributed by atoms with van der Waals surface area (Å²) >= 11 is 0. The van der Waals surface area contributed by atoms with Gasteiger partial charge in [0.15, 0.2) is 11.5 Å². The zero-order valence-corrected chi connectivity index (χ0v) is 16.0. The number of carbonyl (C=O) groups excluding carboxylic acids is 2. The van der Waals surface area contributed by atoms with E-state index >= 15 is 0 Å². The third-order valence-electron chi connectivity index (χ3n) is 3.92. The molecule has 2 N–H and O–H groups in total. The molecule has 2 aromatic carbocycles. The molecule has 144 valence electrons. The van der Waals surface area contributed by atoms with E-state index in [2.05, 4.69) is 5.32 Å². The third kappa shape index (κ3) is 5.64. The van der Waals surface area contributed by atoms with Crippen LogP contribution >= 0.6 is 0 Å². The van der Waals surface area contributed by atoms with Crippen molar-refractivity contribution in [3.8, 4) is 11.5 Å². The van der Waals surface area contributed by atoms with Crippen molar-refractivity contribution in [2.75, 3.05) is 13.6 Å². The van der Waals surface area contributed by atoms with Gasteiger partial charge >= 0.3 is 11.9 Å². The number of aryl methyl sites for hydroxylation is 1. The molecule has 0 saturated heterocycles. The van der Waals surface area contributed by atoms with Gasteiger partial charge in [0, 0.05) is 6.54 Å². The molecular formula is C21H25NO5. The van der Waals surface area contributed by atoms with Crippen LogP contribution in [0.1, 0.15) is 41.4 Å². The SMILES string of the molecule is CNCC(O)c1ccc(OC(=O)C(C)C)c(OC(=O)c2ccc(C)cc2)c1. The average Bonchev–Trinajstić information content (AvgIpc) is 2.63. The van der Waals surface area contributed by atoms with Crippen LogP contribution in [0.4, 0.5) is 0 Å². The average molecular weight is 371 g/mol. The molecule has 6 nitrogen and oxygen atoms in total. The van der Waals surface area contributed by atoms with E-state index in [9.17, 15) is 14.7 Å². The first-order chi connectivity index (χ1) is 12.8.